The first-order valence-corrected chi connectivity index (χ1v) is 14.2. The van der Waals surface area contributed by atoms with Crippen LogP contribution in [0.5, 0.6) is 5.75 Å². The number of carbonyl (C=O) groups is 2. The topological polar surface area (TPSA) is 125 Å². The zero-order chi connectivity index (χ0) is 26.9. The molecule has 204 valence electrons. The molecule has 1 atom stereocenters. The molecule has 1 aliphatic heterocycles. The van der Waals surface area contributed by atoms with Crippen molar-refractivity contribution in [2.45, 2.75) is 48.2 Å². The van der Waals surface area contributed by atoms with Crippen molar-refractivity contribution >= 4 is 21.5 Å². The maximum absolute atomic E-state index is 13.5. The summed E-state index contributed by atoms with van der Waals surface area (Å²) >= 11 is 0. The van der Waals surface area contributed by atoms with Gasteiger partial charge < -0.3 is 24.8 Å². The second-order valence-electron chi connectivity index (χ2n) is 9.45. The Hall–Kier alpha value is -2.69. The summed E-state index contributed by atoms with van der Waals surface area (Å²) in [5.41, 5.74) is 5.65. The van der Waals surface area contributed by atoms with Gasteiger partial charge in [-0.3, -0.25) is 9.59 Å². The number of piperidine rings is 1. The van der Waals surface area contributed by atoms with Crippen LogP contribution in [0.4, 0.5) is 0 Å². The molecule has 1 fully saturated rings. The van der Waals surface area contributed by atoms with Crippen molar-refractivity contribution in [1.82, 2.24) is 4.90 Å². The van der Waals surface area contributed by atoms with Gasteiger partial charge in [0.1, 0.15) is 17.3 Å². The van der Waals surface area contributed by atoms with E-state index < -0.39 is 20.5 Å². The van der Waals surface area contributed by atoms with Gasteiger partial charge in [-0.15, -0.1) is 0 Å². The predicted octanol–water partition coefficient (Wildman–Crippen LogP) is 2.65. The van der Waals surface area contributed by atoms with Crippen LogP contribution in [-0.4, -0.2) is 76.8 Å². The number of Topliss-reactive ketones (excluding diaryl/α,β-unsaturated/α-hetero) is 1. The van der Waals surface area contributed by atoms with Crippen LogP contribution in [0.3, 0.4) is 0 Å². The van der Waals surface area contributed by atoms with E-state index in [0.717, 1.165) is 5.76 Å². The Kier molecular flexibility index (Phi) is 10.3. The van der Waals surface area contributed by atoms with Crippen molar-refractivity contribution < 1.29 is 32.2 Å². The predicted molar refractivity (Wildman–Crippen MR) is 140 cm³/mol. The monoisotopic (exact) mass is 534 g/mol. The molecule has 0 radical (unpaired) electrons. The molecule has 1 aromatic rings. The number of nitrogens with zero attached hydrogens (tertiary/aromatic N) is 1. The van der Waals surface area contributed by atoms with Crippen LogP contribution in [0.15, 0.2) is 53.1 Å². The molecule has 1 aliphatic carbocycles. The Balaban J connectivity index is 1.49. The third-order valence-electron chi connectivity index (χ3n) is 7.17. The van der Waals surface area contributed by atoms with Crippen molar-refractivity contribution in [1.29, 1.82) is 0 Å². The number of carbonyl (C=O) groups excluding carboxylic acids is 2. The fourth-order valence-corrected chi connectivity index (χ4v) is 6.64. The first kappa shape index (κ1) is 28.9. The molecule has 9 nitrogen and oxygen atoms in total. The molecule has 2 aliphatic rings. The average Bonchev–Trinajstić information content (AvgIpc) is 2.92. The minimum absolute atomic E-state index is 0.0563. The van der Waals surface area contributed by atoms with Crippen LogP contribution in [0.25, 0.3) is 0 Å². The van der Waals surface area contributed by atoms with Gasteiger partial charge in [0.05, 0.1) is 25.2 Å². The molecule has 10 heteroatoms. The summed E-state index contributed by atoms with van der Waals surface area (Å²) in [4.78, 5) is 26.9. The maximum atomic E-state index is 13.5. The molecule has 1 amide bonds. The van der Waals surface area contributed by atoms with E-state index in [9.17, 15) is 18.0 Å². The maximum Gasteiger partial charge on any atom is 0.239 e. The highest BCUT2D eigenvalue weighted by Gasteiger charge is 2.51. The highest BCUT2D eigenvalue weighted by molar-refractivity contribution is 7.93. The van der Waals surface area contributed by atoms with Gasteiger partial charge in [-0.25, -0.2) is 8.42 Å². The fraction of sp³-hybridized carbons (Fsp3) is 0.556. The number of unbranched alkanes of at least 4 members (excludes halogenated alkanes) is 1. The van der Waals surface area contributed by atoms with E-state index in [1.54, 1.807) is 26.4 Å². The molecule has 0 aromatic heterocycles. The number of hydrogen-bond donors (Lipinski definition) is 1. The number of hydrogen-bond acceptors (Lipinski definition) is 8. The van der Waals surface area contributed by atoms with Crippen molar-refractivity contribution in [2.24, 2.45) is 11.7 Å². The molecule has 3 rings (SSSR count). The first-order chi connectivity index (χ1) is 17.7. The smallest absolute Gasteiger partial charge is 0.239 e. The van der Waals surface area contributed by atoms with Crippen LogP contribution in [-0.2, 0) is 28.9 Å². The van der Waals surface area contributed by atoms with E-state index >= 15 is 0 Å². The van der Waals surface area contributed by atoms with Crippen LogP contribution in [0.1, 0.15) is 38.5 Å². The number of allylic oxidation sites excluding steroid dienone is 3. The number of amides is 1. The Morgan fingerprint density at radius 3 is 2.35 bits per heavy atom. The molecule has 2 N–H and O–H groups in total. The van der Waals surface area contributed by atoms with Crippen molar-refractivity contribution in [3.8, 4) is 5.75 Å². The molecular formula is C27H38N2O7S. The van der Waals surface area contributed by atoms with Gasteiger partial charge in [0.15, 0.2) is 14.6 Å². The lowest BCUT2D eigenvalue weighted by Gasteiger charge is -2.38. The van der Waals surface area contributed by atoms with Crippen molar-refractivity contribution in [2.75, 3.05) is 47.1 Å². The molecule has 1 aromatic carbocycles. The largest absolute Gasteiger partial charge is 0.497 e. The van der Waals surface area contributed by atoms with Crippen molar-refractivity contribution in [3.63, 3.8) is 0 Å². The van der Waals surface area contributed by atoms with E-state index in [1.807, 2.05) is 18.2 Å². The van der Waals surface area contributed by atoms with Gasteiger partial charge in [0.25, 0.3) is 0 Å². The Labute approximate surface area is 219 Å². The molecular weight excluding hydrogens is 496 g/mol. The zero-order valence-electron chi connectivity index (χ0n) is 21.7. The first-order valence-electron chi connectivity index (χ1n) is 12.7. The van der Waals surface area contributed by atoms with Crippen LogP contribution >= 0.6 is 0 Å². The number of ketones is 1. The lowest BCUT2D eigenvalue weighted by atomic mass is 9.93. The minimum Gasteiger partial charge on any atom is -0.497 e. The van der Waals surface area contributed by atoms with E-state index in [0.29, 0.717) is 64.3 Å². The van der Waals surface area contributed by atoms with Gasteiger partial charge >= 0.3 is 0 Å². The van der Waals surface area contributed by atoms with Crippen LogP contribution in [0.2, 0.25) is 0 Å². The number of benzene rings is 1. The Morgan fingerprint density at radius 1 is 1.08 bits per heavy atom. The van der Waals surface area contributed by atoms with Crippen molar-refractivity contribution in [3.05, 3.63) is 48.3 Å². The van der Waals surface area contributed by atoms with Gasteiger partial charge in [0, 0.05) is 39.1 Å². The molecule has 1 unspecified atom stereocenters. The lowest BCUT2D eigenvalue weighted by molar-refractivity contribution is -0.122. The Bertz CT molecular complexity index is 1090. The molecule has 1 heterocycles. The van der Waals surface area contributed by atoms with Gasteiger partial charge in [0.2, 0.25) is 5.91 Å². The summed E-state index contributed by atoms with van der Waals surface area (Å²) < 4.78 is 41.3. The molecule has 0 bridgehead atoms. The standard InChI is InChI=1S/C27H38N2O7S/c1-34-20-18-29-16-14-27(15-17-29,26(28)31)37(32,33)24-12-10-23(11-13-24)36-19-4-3-5-25(30)21-6-8-22(35-2)9-7-21/h6,8-13,21H,3-5,7,14-20H2,1-2H3,(H2,28,31). The number of likely N-dealkylation sites (tertiary alicyclic amines) is 1. The van der Waals surface area contributed by atoms with Gasteiger partial charge in [-0.05, 0) is 68.5 Å². The number of ether oxygens (including phenoxy) is 3. The SMILES string of the molecule is COCCN1CCC(C(N)=O)(S(=O)(=O)c2ccc(OCCCCC(=O)C3C=CC(OC)=CC3)cc2)CC1. The fourth-order valence-electron chi connectivity index (χ4n) is 4.71. The molecule has 1 saturated heterocycles. The zero-order valence-corrected chi connectivity index (χ0v) is 22.5. The molecule has 37 heavy (non-hydrogen) atoms. The number of rotatable bonds is 14. The number of methoxy groups -OCH3 is 2. The summed E-state index contributed by atoms with van der Waals surface area (Å²) in [6.45, 7) is 2.54. The highest BCUT2D eigenvalue weighted by atomic mass is 32.2. The normalized spacial score (nSPS) is 19.7. The molecule has 0 spiro atoms. The summed E-state index contributed by atoms with van der Waals surface area (Å²) in [7, 11) is -0.759. The lowest BCUT2D eigenvalue weighted by Crippen LogP contribution is -2.57. The van der Waals surface area contributed by atoms with Crippen LogP contribution in [0, 0.1) is 5.92 Å². The van der Waals surface area contributed by atoms with Gasteiger partial charge in [-0.2, -0.15) is 0 Å². The summed E-state index contributed by atoms with van der Waals surface area (Å²) in [6, 6.07) is 6.11. The Morgan fingerprint density at radius 2 is 1.78 bits per heavy atom. The summed E-state index contributed by atoms with van der Waals surface area (Å²) in [5, 5.41) is 0. The number of nitrogens with two attached hydrogens (primary N) is 1. The second-order valence-corrected chi connectivity index (χ2v) is 11.7. The third kappa shape index (κ3) is 7.00. The van der Waals surface area contributed by atoms with E-state index in [2.05, 4.69) is 4.90 Å². The number of sulfone groups is 1. The highest BCUT2D eigenvalue weighted by Crippen LogP contribution is 2.36. The number of primary amides is 1. The van der Waals surface area contributed by atoms with E-state index in [1.165, 1.54) is 12.1 Å². The second kappa shape index (κ2) is 13.2. The van der Waals surface area contributed by atoms with Crippen LogP contribution < -0.4 is 10.5 Å². The summed E-state index contributed by atoms with van der Waals surface area (Å²) in [5.74, 6) is 0.595. The minimum atomic E-state index is -3.98. The molecule has 0 saturated carbocycles. The average molecular weight is 535 g/mol. The van der Waals surface area contributed by atoms with E-state index in [4.69, 9.17) is 19.9 Å². The quantitative estimate of drug-likeness (QED) is 0.361. The van der Waals surface area contributed by atoms with E-state index in [-0.39, 0.29) is 29.4 Å². The third-order valence-corrected chi connectivity index (χ3v) is 9.71. The van der Waals surface area contributed by atoms with Gasteiger partial charge in [-0.1, -0.05) is 6.08 Å². The summed E-state index contributed by atoms with van der Waals surface area (Å²) in [6.07, 6.45) is 8.48.